The van der Waals surface area contributed by atoms with Gasteiger partial charge < -0.3 is 48.2 Å². The third-order valence-electron chi connectivity index (χ3n) is 13.1. The minimum atomic E-state index is -1.42. The molecule has 306 valence electrons. The number of hydrogen-bond acceptors (Lipinski definition) is 16. The minimum absolute atomic E-state index is 0.00790. The van der Waals surface area contributed by atoms with Gasteiger partial charge in [0.1, 0.15) is 24.9 Å². The van der Waals surface area contributed by atoms with Crippen molar-refractivity contribution in [3.05, 3.63) is 62.7 Å². The number of rotatable bonds is 6. The first kappa shape index (κ1) is 38.5. The molecule has 2 fully saturated rings. The van der Waals surface area contributed by atoms with Crippen LogP contribution in [0.1, 0.15) is 68.8 Å². The second-order valence-electron chi connectivity index (χ2n) is 15.9. The van der Waals surface area contributed by atoms with Crippen LogP contribution >= 0.6 is 11.8 Å². The quantitative estimate of drug-likeness (QED) is 0.142. The average Bonchev–Trinajstić information content (AvgIpc) is 3.69. The summed E-state index contributed by atoms with van der Waals surface area (Å²) in [7, 11) is 4.90. The molecule has 3 aromatic carbocycles. The Morgan fingerprint density at radius 3 is 2.48 bits per heavy atom. The van der Waals surface area contributed by atoms with Crippen molar-refractivity contribution in [3.8, 4) is 40.2 Å². The van der Waals surface area contributed by atoms with E-state index in [2.05, 4.69) is 15.1 Å². The van der Waals surface area contributed by atoms with Crippen molar-refractivity contribution in [2.45, 2.75) is 74.6 Å². The van der Waals surface area contributed by atoms with Crippen LogP contribution in [0.25, 0.3) is 0 Å². The van der Waals surface area contributed by atoms with E-state index in [1.807, 2.05) is 20.0 Å². The summed E-state index contributed by atoms with van der Waals surface area (Å²) >= 11 is 1.43. The van der Waals surface area contributed by atoms with Gasteiger partial charge in [-0.15, -0.1) is 11.8 Å². The fraction of sp³-hybridized carbons (Fsp3) is 0.476. The van der Waals surface area contributed by atoms with Gasteiger partial charge in [-0.1, -0.05) is 6.07 Å². The molecule has 7 heterocycles. The van der Waals surface area contributed by atoms with Crippen LogP contribution in [-0.2, 0) is 42.3 Å². The highest BCUT2D eigenvalue weighted by Crippen LogP contribution is 2.65. The summed E-state index contributed by atoms with van der Waals surface area (Å²) in [6.07, 6.45) is 2.27. The average molecular weight is 816 g/mol. The van der Waals surface area contributed by atoms with Crippen LogP contribution in [0.3, 0.4) is 0 Å². The molecule has 7 aliphatic rings. The Kier molecular flexibility index (Phi) is 9.33. The molecule has 58 heavy (non-hydrogen) atoms. The zero-order chi connectivity index (χ0) is 40.9. The lowest BCUT2D eigenvalue weighted by Gasteiger charge is -2.64. The van der Waals surface area contributed by atoms with E-state index in [9.17, 15) is 29.4 Å². The van der Waals surface area contributed by atoms with Crippen molar-refractivity contribution < 1.29 is 57.8 Å². The van der Waals surface area contributed by atoms with Gasteiger partial charge in [0.05, 0.1) is 37.5 Å². The van der Waals surface area contributed by atoms with Crippen LogP contribution in [-0.4, -0.2) is 110 Å². The molecule has 4 bridgehead atoms. The Bertz CT molecular complexity index is 2280. The van der Waals surface area contributed by atoms with Gasteiger partial charge in [0.15, 0.2) is 40.0 Å². The summed E-state index contributed by atoms with van der Waals surface area (Å²) in [6, 6.07) is 2.08. The van der Waals surface area contributed by atoms with Crippen LogP contribution in [0.4, 0.5) is 0 Å². The summed E-state index contributed by atoms with van der Waals surface area (Å²) in [4.78, 5) is 58.2. The number of phenols is 2. The Morgan fingerprint density at radius 1 is 1.02 bits per heavy atom. The smallest absolute Gasteiger partial charge is 0.331 e. The van der Waals surface area contributed by atoms with Gasteiger partial charge in [-0.05, 0) is 68.1 Å². The third kappa shape index (κ3) is 5.30. The van der Waals surface area contributed by atoms with E-state index >= 15 is 0 Å². The van der Waals surface area contributed by atoms with Gasteiger partial charge in [0.25, 0.3) is 0 Å². The Balaban J connectivity index is 1.36. The second kappa shape index (κ2) is 14.1. The standard InChI is InChI=1S/C42H45N3O12S/c1-18-9-22-10-25-32(23(13-46)14-47)45-26-15-54-41(51)42(24-12-28(52-5)27(49)11-21(24)7-8-43-42)16-58-40(34(45)33(44(25)4)29(22)35(50)36(18)53-6)31-30(26)39-38(55-17-56-39)19(2)37(31)57-20(3)48/h9,11-14,23,25-26,32-34,40,43,49-50H,7-8,10,15-17H2,1-6H3. The van der Waals surface area contributed by atoms with E-state index in [4.69, 9.17) is 28.4 Å². The number of esters is 2. The molecule has 3 N–H and O–H groups in total. The van der Waals surface area contributed by atoms with Gasteiger partial charge in [0, 0.05) is 59.6 Å². The molecule has 0 saturated carbocycles. The number of nitrogens with zero attached hydrogens (tertiary/aromatic N) is 2. The number of aromatic hydroxyl groups is 2. The molecule has 0 aromatic heterocycles. The predicted molar refractivity (Wildman–Crippen MR) is 208 cm³/mol. The summed E-state index contributed by atoms with van der Waals surface area (Å²) in [5.74, 6) is -0.576. The predicted octanol–water partition coefficient (Wildman–Crippen LogP) is 3.48. The number of piperazine rings is 1. The molecule has 2 saturated heterocycles. The van der Waals surface area contributed by atoms with Crippen molar-refractivity contribution in [2.75, 3.05) is 47.0 Å². The summed E-state index contributed by atoms with van der Waals surface area (Å²) in [6.45, 7) is 5.03. The highest BCUT2D eigenvalue weighted by atomic mass is 32.2. The van der Waals surface area contributed by atoms with E-state index < -0.39 is 58.9 Å². The fourth-order valence-corrected chi connectivity index (χ4v) is 12.4. The first-order valence-corrected chi connectivity index (χ1v) is 20.3. The number of nitrogens with one attached hydrogen (secondary N) is 1. The Labute approximate surface area is 338 Å². The monoisotopic (exact) mass is 815 g/mol. The van der Waals surface area contributed by atoms with E-state index in [0.717, 1.165) is 16.7 Å². The highest BCUT2D eigenvalue weighted by molar-refractivity contribution is 7.99. The fourth-order valence-electron chi connectivity index (χ4n) is 10.7. The third-order valence-corrected chi connectivity index (χ3v) is 14.5. The SMILES string of the molecule is COc1cc2c(cc1O)CCNC21CSC2c3c(OC(C)=O)c(C)c4c(c3C(COC1=O)N1C(C(C=O)C=O)C3Cc5cc(C)c(OC)c(O)c5C(C21)N3C)OCO4. The van der Waals surface area contributed by atoms with Gasteiger partial charge >= 0.3 is 11.9 Å². The zero-order valence-electron chi connectivity index (χ0n) is 33.0. The first-order chi connectivity index (χ1) is 27.9. The number of ether oxygens (including phenoxy) is 6. The van der Waals surface area contributed by atoms with Gasteiger partial charge in [-0.25, -0.2) is 4.79 Å². The van der Waals surface area contributed by atoms with Crippen LogP contribution in [0, 0.1) is 19.8 Å². The largest absolute Gasteiger partial charge is 0.504 e. The number of fused-ring (bicyclic) bond motifs is 9. The lowest BCUT2D eigenvalue weighted by molar-refractivity contribution is -0.162. The number of methoxy groups -OCH3 is 2. The van der Waals surface area contributed by atoms with Crippen LogP contribution in [0.15, 0.2) is 18.2 Å². The number of aryl methyl sites for hydroxylation is 1. The van der Waals surface area contributed by atoms with Crippen molar-refractivity contribution in [2.24, 2.45) is 5.92 Å². The zero-order valence-corrected chi connectivity index (χ0v) is 33.8. The number of likely N-dealkylation sites (N-methyl/N-ethyl adjacent to an activating group) is 1. The molecule has 7 unspecified atom stereocenters. The number of carbonyl (C=O) groups excluding carboxylic acids is 4. The minimum Gasteiger partial charge on any atom is -0.504 e. The molecule has 1 spiro atoms. The number of carbonyl (C=O) groups is 4. The lowest BCUT2D eigenvalue weighted by atomic mass is 9.69. The van der Waals surface area contributed by atoms with Crippen molar-refractivity contribution in [1.82, 2.24) is 15.1 Å². The van der Waals surface area contributed by atoms with Crippen molar-refractivity contribution >= 4 is 36.3 Å². The van der Waals surface area contributed by atoms with E-state index in [1.165, 1.54) is 32.9 Å². The summed E-state index contributed by atoms with van der Waals surface area (Å²) < 4.78 is 36.2. The normalized spacial score (nSPS) is 28.2. The summed E-state index contributed by atoms with van der Waals surface area (Å²) in [5, 5.41) is 25.8. The maximum Gasteiger partial charge on any atom is 0.331 e. The molecule has 0 amide bonds. The van der Waals surface area contributed by atoms with Crippen LogP contribution < -0.4 is 29.0 Å². The Morgan fingerprint density at radius 2 is 1.78 bits per heavy atom. The molecule has 16 heteroatoms. The molecule has 7 atom stereocenters. The maximum absolute atomic E-state index is 14.9. The lowest BCUT2D eigenvalue weighted by Crippen LogP contribution is -2.71. The van der Waals surface area contributed by atoms with Crippen LogP contribution in [0.2, 0.25) is 0 Å². The topological polar surface area (TPSA) is 183 Å². The second-order valence-corrected chi connectivity index (χ2v) is 17.0. The number of hydrogen-bond donors (Lipinski definition) is 3. The molecule has 10 rings (SSSR count). The van der Waals surface area contributed by atoms with E-state index in [1.54, 1.807) is 19.1 Å². The Hall–Kier alpha value is -5.03. The number of thioether (sulfide) groups is 1. The highest BCUT2D eigenvalue weighted by Gasteiger charge is 2.62. The van der Waals surface area contributed by atoms with Crippen LogP contribution in [0.5, 0.6) is 40.2 Å². The first-order valence-electron chi connectivity index (χ1n) is 19.3. The molecule has 0 aliphatic carbocycles. The van der Waals surface area contributed by atoms with E-state index in [-0.39, 0.29) is 42.2 Å². The van der Waals surface area contributed by atoms with Gasteiger partial charge in [0.2, 0.25) is 6.79 Å². The van der Waals surface area contributed by atoms with Crippen molar-refractivity contribution in [3.63, 3.8) is 0 Å². The maximum atomic E-state index is 14.9. The van der Waals surface area contributed by atoms with E-state index in [0.29, 0.717) is 77.0 Å². The molecular weight excluding hydrogens is 771 g/mol. The number of benzene rings is 3. The number of phenolic OH excluding ortho intramolecular Hbond substituents is 2. The molecule has 0 radical (unpaired) electrons. The molecule has 3 aromatic rings. The van der Waals surface area contributed by atoms with Crippen molar-refractivity contribution in [1.29, 1.82) is 0 Å². The van der Waals surface area contributed by atoms with Gasteiger partial charge in [-0.2, -0.15) is 0 Å². The number of aldehydes is 2. The summed E-state index contributed by atoms with van der Waals surface area (Å²) in [5.41, 5.74) is 3.94. The van der Waals surface area contributed by atoms with Gasteiger partial charge in [-0.3, -0.25) is 19.9 Å². The molecule has 15 nitrogen and oxygen atoms in total. The molecule has 7 aliphatic heterocycles. The molecular formula is C42H45N3O12S.